The number of imide groups is 1. The summed E-state index contributed by atoms with van der Waals surface area (Å²) in [6.45, 7) is 0.0862. The van der Waals surface area contributed by atoms with E-state index in [0.717, 1.165) is 16.5 Å². The SMILES string of the molecule is O=C(O)CCCN1C(=O)C2(CC(=O)N(Cc3ccccc3)C2=O)c2cc(F)ccc21. The van der Waals surface area contributed by atoms with E-state index in [1.54, 1.807) is 24.3 Å². The highest BCUT2D eigenvalue weighted by atomic mass is 19.1. The molecule has 0 radical (unpaired) electrons. The number of anilines is 1. The molecule has 2 aromatic carbocycles. The van der Waals surface area contributed by atoms with E-state index in [1.807, 2.05) is 6.07 Å². The number of fused-ring (bicyclic) bond motifs is 2. The number of carbonyl (C=O) groups is 4. The molecule has 8 heteroatoms. The molecule has 1 saturated heterocycles. The Bertz CT molecular complexity index is 1050. The van der Waals surface area contributed by atoms with E-state index in [0.29, 0.717) is 5.69 Å². The van der Waals surface area contributed by atoms with Gasteiger partial charge < -0.3 is 10.0 Å². The van der Waals surface area contributed by atoms with Crippen LogP contribution in [0.25, 0.3) is 0 Å². The minimum Gasteiger partial charge on any atom is -0.481 e. The van der Waals surface area contributed by atoms with E-state index >= 15 is 0 Å². The first-order chi connectivity index (χ1) is 14.3. The topological polar surface area (TPSA) is 95.0 Å². The van der Waals surface area contributed by atoms with Crippen molar-refractivity contribution in [3.8, 4) is 0 Å². The van der Waals surface area contributed by atoms with Crippen molar-refractivity contribution < 1.29 is 28.7 Å². The standard InChI is InChI=1S/C22H19FN2O5/c23-15-8-9-17-16(11-15)22(20(29)24(17)10-4-7-19(27)28)12-18(26)25(21(22)30)13-14-5-2-1-3-6-14/h1-3,5-6,8-9,11H,4,7,10,12-13H2,(H,27,28). The average Bonchev–Trinajstić information content (AvgIpc) is 3.09. The maximum atomic E-state index is 14.1. The lowest BCUT2D eigenvalue weighted by Gasteiger charge is -2.22. The number of benzene rings is 2. The number of halogens is 1. The number of carboxylic acid groups (broad SMARTS) is 1. The molecule has 1 unspecified atom stereocenters. The van der Waals surface area contributed by atoms with Crippen LogP contribution >= 0.6 is 0 Å². The van der Waals surface area contributed by atoms with E-state index in [-0.39, 0.29) is 37.9 Å². The van der Waals surface area contributed by atoms with Gasteiger partial charge in [0.15, 0.2) is 5.41 Å². The van der Waals surface area contributed by atoms with Gasteiger partial charge in [0.25, 0.3) is 0 Å². The maximum absolute atomic E-state index is 14.1. The van der Waals surface area contributed by atoms with Crippen molar-refractivity contribution in [3.63, 3.8) is 0 Å². The van der Waals surface area contributed by atoms with Gasteiger partial charge in [0.05, 0.1) is 13.0 Å². The van der Waals surface area contributed by atoms with Crippen molar-refractivity contribution in [1.29, 1.82) is 0 Å². The lowest BCUT2D eigenvalue weighted by atomic mass is 9.80. The summed E-state index contributed by atoms with van der Waals surface area (Å²) in [4.78, 5) is 52.7. The van der Waals surface area contributed by atoms with Crippen LogP contribution < -0.4 is 4.90 Å². The molecule has 1 spiro atoms. The number of amides is 3. The first kappa shape index (κ1) is 19.8. The van der Waals surface area contributed by atoms with Crippen molar-refractivity contribution in [2.24, 2.45) is 0 Å². The van der Waals surface area contributed by atoms with Gasteiger partial charge in [-0.2, -0.15) is 0 Å². The quantitative estimate of drug-likeness (QED) is 0.582. The second-order valence-corrected chi connectivity index (χ2v) is 7.47. The van der Waals surface area contributed by atoms with E-state index in [9.17, 15) is 23.6 Å². The third kappa shape index (κ3) is 3.04. The molecular formula is C22H19FN2O5. The van der Waals surface area contributed by atoms with Crippen LogP contribution in [0.2, 0.25) is 0 Å². The normalized spacial score (nSPS) is 20.4. The monoisotopic (exact) mass is 410 g/mol. The summed E-state index contributed by atoms with van der Waals surface area (Å²) in [6, 6.07) is 12.6. The summed E-state index contributed by atoms with van der Waals surface area (Å²) in [5, 5.41) is 8.88. The van der Waals surface area contributed by atoms with Gasteiger partial charge in [-0.3, -0.25) is 24.1 Å². The third-order valence-electron chi connectivity index (χ3n) is 5.60. The van der Waals surface area contributed by atoms with Gasteiger partial charge in [-0.05, 0) is 30.2 Å². The molecule has 7 nitrogen and oxygen atoms in total. The number of carbonyl (C=O) groups excluding carboxylic acids is 3. The summed E-state index contributed by atoms with van der Waals surface area (Å²) in [7, 11) is 0. The zero-order valence-corrected chi connectivity index (χ0v) is 16.0. The van der Waals surface area contributed by atoms with Crippen molar-refractivity contribution in [2.75, 3.05) is 11.4 Å². The molecule has 4 rings (SSSR count). The van der Waals surface area contributed by atoms with E-state index in [4.69, 9.17) is 5.11 Å². The fraction of sp³-hybridized carbons (Fsp3) is 0.273. The molecule has 1 N–H and O–H groups in total. The Labute approximate surface area is 171 Å². The largest absolute Gasteiger partial charge is 0.481 e. The number of carboxylic acids is 1. The lowest BCUT2D eigenvalue weighted by Crippen LogP contribution is -2.46. The zero-order valence-electron chi connectivity index (χ0n) is 16.0. The van der Waals surface area contributed by atoms with Gasteiger partial charge in [-0.1, -0.05) is 30.3 Å². The fourth-order valence-electron chi connectivity index (χ4n) is 4.20. The molecule has 30 heavy (non-hydrogen) atoms. The van der Waals surface area contributed by atoms with Crippen LogP contribution in [0, 0.1) is 5.82 Å². The Morgan fingerprint density at radius 3 is 2.43 bits per heavy atom. The molecule has 154 valence electrons. The minimum atomic E-state index is -1.80. The Balaban J connectivity index is 1.71. The molecule has 2 aromatic rings. The summed E-state index contributed by atoms with van der Waals surface area (Å²) in [5.74, 6) is -3.40. The Morgan fingerprint density at radius 1 is 1.03 bits per heavy atom. The fourth-order valence-corrected chi connectivity index (χ4v) is 4.20. The number of nitrogens with zero attached hydrogens (tertiary/aromatic N) is 2. The van der Waals surface area contributed by atoms with Crippen LogP contribution in [-0.4, -0.2) is 40.2 Å². The molecule has 2 heterocycles. The molecule has 0 saturated carbocycles. The van der Waals surface area contributed by atoms with Crippen LogP contribution in [0.3, 0.4) is 0 Å². The van der Waals surface area contributed by atoms with Crippen LogP contribution in [0.1, 0.15) is 30.4 Å². The van der Waals surface area contributed by atoms with Gasteiger partial charge in [0.1, 0.15) is 5.82 Å². The summed E-state index contributed by atoms with van der Waals surface area (Å²) < 4.78 is 14.1. The molecule has 3 amide bonds. The number of rotatable bonds is 6. The Hall–Kier alpha value is -3.55. The number of aliphatic carboxylic acids is 1. The second-order valence-electron chi connectivity index (χ2n) is 7.47. The van der Waals surface area contributed by atoms with Crippen LogP contribution in [-0.2, 0) is 31.1 Å². The van der Waals surface area contributed by atoms with Gasteiger partial charge in [-0.25, -0.2) is 4.39 Å². The smallest absolute Gasteiger partial charge is 0.303 e. The molecule has 0 aromatic heterocycles. The molecule has 2 aliphatic rings. The van der Waals surface area contributed by atoms with Crippen molar-refractivity contribution in [3.05, 3.63) is 65.5 Å². The molecule has 1 fully saturated rings. The molecule has 2 aliphatic heterocycles. The maximum Gasteiger partial charge on any atom is 0.303 e. The zero-order chi connectivity index (χ0) is 21.5. The van der Waals surface area contributed by atoms with Gasteiger partial charge >= 0.3 is 5.97 Å². The summed E-state index contributed by atoms with van der Waals surface area (Å²) in [6.07, 6.45) is -0.354. The predicted molar refractivity (Wildman–Crippen MR) is 104 cm³/mol. The molecular weight excluding hydrogens is 391 g/mol. The van der Waals surface area contributed by atoms with Gasteiger partial charge in [0.2, 0.25) is 17.7 Å². The van der Waals surface area contributed by atoms with Crippen molar-refractivity contribution >= 4 is 29.4 Å². The van der Waals surface area contributed by atoms with Crippen LogP contribution in [0.5, 0.6) is 0 Å². The summed E-state index contributed by atoms with van der Waals surface area (Å²) >= 11 is 0. The molecule has 0 aliphatic carbocycles. The van der Waals surface area contributed by atoms with Gasteiger partial charge in [-0.15, -0.1) is 0 Å². The highest BCUT2D eigenvalue weighted by Gasteiger charge is 2.63. The minimum absolute atomic E-state index is 0.0250. The van der Waals surface area contributed by atoms with E-state index < -0.39 is 34.9 Å². The van der Waals surface area contributed by atoms with E-state index in [1.165, 1.54) is 17.0 Å². The van der Waals surface area contributed by atoms with Gasteiger partial charge in [0, 0.05) is 24.2 Å². The number of hydrogen-bond acceptors (Lipinski definition) is 4. The van der Waals surface area contributed by atoms with E-state index in [2.05, 4.69) is 0 Å². The van der Waals surface area contributed by atoms with Crippen molar-refractivity contribution in [1.82, 2.24) is 4.90 Å². The highest BCUT2D eigenvalue weighted by molar-refractivity contribution is 6.28. The van der Waals surface area contributed by atoms with Crippen LogP contribution in [0.15, 0.2) is 48.5 Å². The molecule has 1 atom stereocenters. The first-order valence-corrected chi connectivity index (χ1v) is 9.57. The Morgan fingerprint density at radius 2 is 1.73 bits per heavy atom. The Kier molecular flexibility index (Phi) is 4.85. The lowest BCUT2D eigenvalue weighted by molar-refractivity contribution is -0.142. The predicted octanol–water partition coefficient (Wildman–Crippen LogP) is 2.23. The van der Waals surface area contributed by atoms with Crippen molar-refractivity contribution in [2.45, 2.75) is 31.2 Å². The summed E-state index contributed by atoms with van der Waals surface area (Å²) in [5.41, 5.74) is -0.558. The third-order valence-corrected chi connectivity index (χ3v) is 5.60. The number of likely N-dealkylation sites (tertiary alicyclic amines) is 1. The first-order valence-electron chi connectivity index (χ1n) is 9.57. The van der Waals surface area contributed by atoms with Crippen LogP contribution in [0.4, 0.5) is 10.1 Å². The second kappa shape index (κ2) is 7.37. The molecule has 0 bridgehead atoms. The average molecular weight is 410 g/mol. The highest BCUT2D eigenvalue weighted by Crippen LogP contribution is 2.49. The number of hydrogen-bond donors (Lipinski definition) is 1.